The van der Waals surface area contributed by atoms with Crippen LogP contribution in [0.5, 0.6) is 0 Å². The lowest BCUT2D eigenvalue weighted by Crippen LogP contribution is -2.26. The van der Waals surface area contributed by atoms with Crippen LogP contribution < -0.4 is 11.1 Å². The highest BCUT2D eigenvalue weighted by Gasteiger charge is 2.21. The summed E-state index contributed by atoms with van der Waals surface area (Å²) in [6.45, 7) is 1.96. The molecule has 128 valence electrons. The first kappa shape index (κ1) is 15.8. The largest absolute Gasteiger partial charge is 0.351 e. The van der Waals surface area contributed by atoms with Gasteiger partial charge in [-0.3, -0.25) is 4.57 Å². The molecule has 0 atom stereocenters. The highest BCUT2D eigenvalue weighted by atomic mass is 19.1. The molecule has 5 heteroatoms. The standard InChI is InChI=1S/C20H20FN3O/c21-16-4-1-13(2-5-16)15-3-6-19-17(11-15)18(12-24(19)20(22)25)14-7-9-23-10-8-14/h1-6,11-12,14,23H,7-10H2,(H2,22,25). The number of nitrogens with two attached hydrogens (primary N) is 1. The minimum atomic E-state index is -0.472. The first-order valence-electron chi connectivity index (χ1n) is 8.55. The second kappa shape index (κ2) is 6.33. The van der Waals surface area contributed by atoms with Crippen LogP contribution in [0.15, 0.2) is 48.7 Å². The summed E-state index contributed by atoms with van der Waals surface area (Å²) in [6.07, 6.45) is 3.97. The molecule has 0 spiro atoms. The minimum Gasteiger partial charge on any atom is -0.351 e. The Labute approximate surface area is 145 Å². The predicted molar refractivity (Wildman–Crippen MR) is 97.2 cm³/mol. The van der Waals surface area contributed by atoms with E-state index in [4.69, 9.17) is 5.73 Å². The van der Waals surface area contributed by atoms with Gasteiger partial charge < -0.3 is 11.1 Å². The molecule has 3 N–H and O–H groups in total. The average molecular weight is 337 g/mol. The average Bonchev–Trinajstić information content (AvgIpc) is 3.02. The summed E-state index contributed by atoms with van der Waals surface area (Å²) in [5, 5.41) is 4.42. The minimum absolute atomic E-state index is 0.250. The van der Waals surface area contributed by atoms with Gasteiger partial charge in [0, 0.05) is 11.6 Å². The van der Waals surface area contributed by atoms with Crippen molar-refractivity contribution in [3.63, 3.8) is 0 Å². The van der Waals surface area contributed by atoms with Crippen LogP contribution in [0.2, 0.25) is 0 Å². The monoisotopic (exact) mass is 337 g/mol. The molecule has 4 rings (SSSR count). The number of rotatable bonds is 2. The summed E-state index contributed by atoms with van der Waals surface area (Å²) < 4.78 is 14.7. The van der Waals surface area contributed by atoms with E-state index in [1.54, 1.807) is 12.1 Å². The second-order valence-electron chi connectivity index (χ2n) is 6.56. The Bertz CT molecular complexity index is 924. The zero-order chi connectivity index (χ0) is 17.4. The van der Waals surface area contributed by atoms with Gasteiger partial charge in [0.25, 0.3) is 0 Å². The molecule has 1 fully saturated rings. The third kappa shape index (κ3) is 2.91. The number of benzene rings is 2. The first-order valence-corrected chi connectivity index (χ1v) is 8.55. The van der Waals surface area contributed by atoms with Crippen molar-refractivity contribution in [2.75, 3.05) is 13.1 Å². The lowest BCUT2D eigenvalue weighted by Gasteiger charge is -2.22. The number of amides is 1. The predicted octanol–water partition coefficient (Wildman–Crippen LogP) is 3.84. The van der Waals surface area contributed by atoms with Gasteiger partial charge >= 0.3 is 6.03 Å². The number of halogens is 1. The van der Waals surface area contributed by atoms with E-state index in [-0.39, 0.29) is 5.82 Å². The zero-order valence-electron chi connectivity index (χ0n) is 13.8. The van der Waals surface area contributed by atoms with Crippen molar-refractivity contribution in [3.8, 4) is 11.1 Å². The molecule has 1 aliphatic heterocycles. The van der Waals surface area contributed by atoms with Gasteiger partial charge in [-0.1, -0.05) is 18.2 Å². The first-order chi connectivity index (χ1) is 12.1. The van der Waals surface area contributed by atoms with Crippen LogP contribution in [0.25, 0.3) is 22.0 Å². The van der Waals surface area contributed by atoms with Crippen molar-refractivity contribution in [3.05, 3.63) is 60.0 Å². The number of nitrogens with one attached hydrogen (secondary N) is 1. The SMILES string of the molecule is NC(=O)n1cc(C2CCNCC2)c2cc(-c3ccc(F)cc3)ccc21. The van der Waals surface area contributed by atoms with Crippen LogP contribution in [0.1, 0.15) is 24.3 Å². The van der Waals surface area contributed by atoms with Gasteiger partial charge in [0.15, 0.2) is 0 Å². The van der Waals surface area contributed by atoms with Gasteiger partial charge in [-0.25, -0.2) is 9.18 Å². The van der Waals surface area contributed by atoms with E-state index < -0.39 is 6.03 Å². The second-order valence-corrected chi connectivity index (χ2v) is 6.56. The molecule has 2 aromatic carbocycles. The van der Waals surface area contributed by atoms with Gasteiger partial charge in [0.1, 0.15) is 5.82 Å². The van der Waals surface area contributed by atoms with E-state index in [1.165, 1.54) is 22.3 Å². The van der Waals surface area contributed by atoms with Crippen molar-refractivity contribution in [1.82, 2.24) is 9.88 Å². The smallest absolute Gasteiger partial charge is 0.323 e. The van der Waals surface area contributed by atoms with Crippen LogP contribution in [0.3, 0.4) is 0 Å². The van der Waals surface area contributed by atoms with Crippen molar-refractivity contribution < 1.29 is 9.18 Å². The lowest BCUT2D eigenvalue weighted by atomic mass is 9.89. The molecular weight excluding hydrogens is 317 g/mol. The van der Waals surface area contributed by atoms with Gasteiger partial charge in [-0.15, -0.1) is 0 Å². The fraction of sp³-hybridized carbons (Fsp3) is 0.250. The van der Waals surface area contributed by atoms with E-state index in [0.29, 0.717) is 5.92 Å². The molecule has 0 radical (unpaired) electrons. The molecule has 4 nitrogen and oxygen atoms in total. The molecule has 1 aliphatic rings. The van der Waals surface area contributed by atoms with E-state index >= 15 is 0 Å². The Morgan fingerprint density at radius 2 is 1.76 bits per heavy atom. The third-order valence-corrected chi connectivity index (χ3v) is 5.03. The highest BCUT2D eigenvalue weighted by Crippen LogP contribution is 2.35. The molecular formula is C20H20FN3O. The van der Waals surface area contributed by atoms with Gasteiger partial charge in [0.2, 0.25) is 0 Å². The molecule has 0 bridgehead atoms. The summed E-state index contributed by atoms with van der Waals surface area (Å²) >= 11 is 0. The normalized spacial score (nSPS) is 15.6. The number of hydrogen-bond donors (Lipinski definition) is 2. The van der Waals surface area contributed by atoms with Gasteiger partial charge in [-0.2, -0.15) is 0 Å². The van der Waals surface area contributed by atoms with Crippen molar-refractivity contribution in [2.45, 2.75) is 18.8 Å². The Balaban J connectivity index is 1.86. The van der Waals surface area contributed by atoms with Crippen LogP contribution in [-0.4, -0.2) is 23.7 Å². The summed E-state index contributed by atoms with van der Waals surface area (Å²) in [5.74, 6) is 0.160. The van der Waals surface area contributed by atoms with Gasteiger partial charge in [-0.05, 0) is 72.8 Å². The lowest BCUT2D eigenvalue weighted by molar-refractivity contribution is 0.251. The number of carbonyl (C=O) groups is 1. The van der Waals surface area contributed by atoms with Crippen molar-refractivity contribution in [1.29, 1.82) is 0 Å². The number of carbonyl (C=O) groups excluding carboxylic acids is 1. The van der Waals surface area contributed by atoms with Crippen molar-refractivity contribution >= 4 is 16.9 Å². The Kier molecular flexibility index (Phi) is 4.01. The molecule has 3 aromatic rings. The number of hydrogen-bond acceptors (Lipinski definition) is 2. The molecule has 0 aliphatic carbocycles. The van der Waals surface area contributed by atoms with E-state index in [1.807, 2.05) is 18.3 Å². The Hall–Kier alpha value is -2.66. The van der Waals surface area contributed by atoms with Crippen LogP contribution in [0.4, 0.5) is 9.18 Å². The molecule has 1 amide bonds. The van der Waals surface area contributed by atoms with E-state index in [2.05, 4.69) is 11.4 Å². The van der Waals surface area contributed by atoms with E-state index in [0.717, 1.165) is 48.0 Å². The van der Waals surface area contributed by atoms with E-state index in [9.17, 15) is 9.18 Å². The van der Waals surface area contributed by atoms with Crippen LogP contribution in [0, 0.1) is 5.82 Å². The number of piperidine rings is 1. The summed E-state index contributed by atoms with van der Waals surface area (Å²) in [4.78, 5) is 11.8. The summed E-state index contributed by atoms with van der Waals surface area (Å²) in [5.41, 5.74) is 9.51. The molecule has 0 unspecified atom stereocenters. The van der Waals surface area contributed by atoms with Crippen LogP contribution >= 0.6 is 0 Å². The maximum Gasteiger partial charge on any atom is 0.323 e. The number of primary amides is 1. The summed E-state index contributed by atoms with van der Waals surface area (Å²) in [7, 11) is 0. The topological polar surface area (TPSA) is 60.1 Å². The molecule has 25 heavy (non-hydrogen) atoms. The third-order valence-electron chi connectivity index (χ3n) is 5.03. The zero-order valence-corrected chi connectivity index (χ0v) is 13.8. The summed E-state index contributed by atoms with van der Waals surface area (Å²) in [6, 6.07) is 11.9. The Morgan fingerprint density at radius 3 is 2.44 bits per heavy atom. The maximum atomic E-state index is 13.2. The number of fused-ring (bicyclic) bond motifs is 1. The van der Waals surface area contributed by atoms with Gasteiger partial charge in [0.05, 0.1) is 5.52 Å². The molecule has 0 saturated carbocycles. The number of aromatic nitrogens is 1. The Morgan fingerprint density at radius 1 is 1.08 bits per heavy atom. The van der Waals surface area contributed by atoms with Crippen molar-refractivity contribution in [2.24, 2.45) is 5.73 Å². The highest BCUT2D eigenvalue weighted by molar-refractivity contribution is 5.95. The molecule has 1 aromatic heterocycles. The fourth-order valence-electron chi connectivity index (χ4n) is 3.72. The molecule has 1 saturated heterocycles. The fourth-order valence-corrected chi connectivity index (χ4v) is 3.72. The quantitative estimate of drug-likeness (QED) is 0.746. The van der Waals surface area contributed by atoms with Crippen LogP contribution in [-0.2, 0) is 0 Å². The maximum absolute atomic E-state index is 13.2. The number of nitrogens with zero attached hydrogens (tertiary/aromatic N) is 1. The molecule has 2 heterocycles.